The molecule has 0 spiro atoms. The Labute approximate surface area is 176 Å². The normalized spacial score (nSPS) is 16.2. The highest BCUT2D eigenvalue weighted by molar-refractivity contribution is 6.07. The number of rotatable bonds is 2. The molecular formula is C23H27NO6. The number of hydrogen-bond donors (Lipinski definition) is 0. The number of nitrogens with zero attached hydrogens (tertiary/aromatic N) is 1. The fourth-order valence-electron chi connectivity index (χ4n) is 3.13. The van der Waals surface area contributed by atoms with Gasteiger partial charge in [0.1, 0.15) is 13.2 Å². The van der Waals surface area contributed by atoms with Crippen molar-refractivity contribution in [2.45, 2.75) is 6.92 Å². The van der Waals surface area contributed by atoms with Crippen molar-refractivity contribution in [2.75, 3.05) is 52.7 Å². The van der Waals surface area contributed by atoms with E-state index >= 15 is 0 Å². The summed E-state index contributed by atoms with van der Waals surface area (Å²) in [5, 5.41) is 0. The van der Waals surface area contributed by atoms with E-state index in [1.807, 2.05) is 24.3 Å². The van der Waals surface area contributed by atoms with E-state index in [1.54, 1.807) is 29.2 Å². The molecule has 0 aromatic heterocycles. The van der Waals surface area contributed by atoms with E-state index in [0.717, 1.165) is 0 Å². The maximum atomic E-state index is 13.1. The summed E-state index contributed by atoms with van der Waals surface area (Å²) in [6, 6.07) is 14.3. The van der Waals surface area contributed by atoms with Crippen molar-refractivity contribution in [3.8, 4) is 11.5 Å². The number of fused-ring (bicyclic) bond motifs is 1. The second kappa shape index (κ2) is 11.3. The van der Waals surface area contributed by atoms with E-state index < -0.39 is 0 Å². The third kappa shape index (κ3) is 6.05. The Balaban J connectivity index is 1.65. The number of Topliss-reactive ketones (excluding diaryl/α,β-unsaturated/α-hetero) is 1. The van der Waals surface area contributed by atoms with Crippen LogP contribution in [0.4, 0.5) is 0 Å². The largest absolute Gasteiger partial charge is 0.487 e. The van der Waals surface area contributed by atoms with Crippen molar-refractivity contribution in [1.82, 2.24) is 4.90 Å². The number of hydrogen-bond acceptors (Lipinski definition) is 6. The van der Waals surface area contributed by atoms with Crippen molar-refractivity contribution in [3.05, 3.63) is 59.7 Å². The van der Waals surface area contributed by atoms with E-state index in [1.165, 1.54) is 6.92 Å². The number of para-hydroxylation sites is 2. The van der Waals surface area contributed by atoms with Crippen LogP contribution in [0, 0.1) is 0 Å². The van der Waals surface area contributed by atoms with E-state index in [0.29, 0.717) is 75.4 Å². The zero-order valence-corrected chi connectivity index (χ0v) is 17.2. The maximum Gasteiger partial charge on any atom is 0.254 e. The highest BCUT2D eigenvalue weighted by atomic mass is 16.6. The first-order valence-electron chi connectivity index (χ1n) is 10.1. The third-order valence-corrected chi connectivity index (χ3v) is 4.65. The monoisotopic (exact) mass is 413 g/mol. The molecule has 1 aliphatic heterocycles. The number of ketones is 1. The molecule has 1 amide bonds. The highest BCUT2D eigenvalue weighted by Gasteiger charge is 2.20. The van der Waals surface area contributed by atoms with Gasteiger partial charge in [-0.2, -0.15) is 0 Å². The van der Waals surface area contributed by atoms with Gasteiger partial charge >= 0.3 is 0 Å². The van der Waals surface area contributed by atoms with E-state index in [4.69, 9.17) is 18.9 Å². The van der Waals surface area contributed by atoms with Gasteiger partial charge in [-0.15, -0.1) is 0 Å². The molecule has 0 atom stereocenters. The molecule has 0 bridgehead atoms. The molecule has 0 aliphatic carbocycles. The minimum atomic E-state index is -0.211. The summed E-state index contributed by atoms with van der Waals surface area (Å²) >= 11 is 0. The van der Waals surface area contributed by atoms with Crippen molar-refractivity contribution in [2.24, 2.45) is 0 Å². The number of carbonyl (C=O) groups excluding carboxylic acids is 2. The summed E-state index contributed by atoms with van der Waals surface area (Å²) in [6.07, 6.45) is 0. The predicted octanol–water partition coefficient (Wildman–Crippen LogP) is 2.84. The second-order valence-corrected chi connectivity index (χ2v) is 6.76. The van der Waals surface area contributed by atoms with Crippen LogP contribution < -0.4 is 9.47 Å². The first kappa shape index (κ1) is 21.8. The quantitative estimate of drug-likeness (QED) is 0.705. The average molecular weight is 413 g/mol. The Morgan fingerprint density at radius 3 is 1.73 bits per heavy atom. The van der Waals surface area contributed by atoms with Gasteiger partial charge in [0.15, 0.2) is 17.3 Å². The lowest BCUT2D eigenvalue weighted by Crippen LogP contribution is -2.37. The minimum absolute atomic E-state index is 0.140. The summed E-state index contributed by atoms with van der Waals surface area (Å²) < 4.78 is 22.8. The molecule has 2 aromatic rings. The number of carbonyl (C=O) groups is 2. The molecule has 7 nitrogen and oxygen atoms in total. The Kier molecular flexibility index (Phi) is 8.23. The predicted molar refractivity (Wildman–Crippen MR) is 111 cm³/mol. The smallest absolute Gasteiger partial charge is 0.254 e. The molecule has 1 heterocycles. The van der Waals surface area contributed by atoms with Crippen LogP contribution in [-0.2, 0) is 9.47 Å². The Morgan fingerprint density at radius 1 is 0.700 bits per heavy atom. The lowest BCUT2D eigenvalue weighted by atomic mass is 10.0. The fourth-order valence-corrected chi connectivity index (χ4v) is 3.13. The molecule has 7 heteroatoms. The van der Waals surface area contributed by atoms with Crippen molar-refractivity contribution in [3.63, 3.8) is 0 Å². The first-order chi connectivity index (χ1) is 14.7. The van der Waals surface area contributed by atoms with Gasteiger partial charge in [0.2, 0.25) is 0 Å². The molecule has 3 rings (SSSR count). The third-order valence-electron chi connectivity index (χ3n) is 4.65. The summed E-state index contributed by atoms with van der Waals surface area (Å²) in [6.45, 7) is 4.47. The van der Waals surface area contributed by atoms with Crippen LogP contribution in [0.1, 0.15) is 27.6 Å². The second-order valence-electron chi connectivity index (χ2n) is 6.76. The topological polar surface area (TPSA) is 74.3 Å². The van der Waals surface area contributed by atoms with Crippen LogP contribution in [0.15, 0.2) is 48.5 Å². The molecule has 0 unspecified atom stereocenters. The Bertz CT molecular complexity index is 818. The zero-order chi connectivity index (χ0) is 21.2. The number of benzene rings is 2. The van der Waals surface area contributed by atoms with E-state index in [-0.39, 0.29) is 11.7 Å². The van der Waals surface area contributed by atoms with Crippen LogP contribution in [0.2, 0.25) is 0 Å². The van der Waals surface area contributed by atoms with Crippen molar-refractivity contribution >= 4 is 11.7 Å². The van der Waals surface area contributed by atoms with Gasteiger partial charge in [0.05, 0.1) is 32.0 Å². The molecule has 30 heavy (non-hydrogen) atoms. The van der Waals surface area contributed by atoms with Crippen molar-refractivity contribution in [1.29, 1.82) is 0 Å². The van der Waals surface area contributed by atoms with E-state index in [9.17, 15) is 9.59 Å². The molecule has 0 saturated heterocycles. The SMILES string of the molecule is CC(=O)c1ccccc1C(=O)N1CCOCCOc2ccccc2OCCOCC1. The zero-order valence-electron chi connectivity index (χ0n) is 17.2. The van der Waals surface area contributed by atoms with Gasteiger partial charge in [-0.3, -0.25) is 9.59 Å². The standard InChI is InChI=1S/C23H27NO6/c1-18(25)19-6-2-3-7-20(19)23(26)24-10-12-27-14-16-29-21-8-4-5-9-22(21)30-17-15-28-13-11-24/h2-9H,10-17H2,1H3. The lowest BCUT2D eigenvalue weighted by Gasteiger charge is -2.23. The van der Waals surface area contributed by atoms with Crippen molar-refractivity contribution < 1.29 is 28.5 Å². The van der Waals surface area contributed by atoms with Gasteiger partial charge in [0, 0.05) is 18.7 Å². The summed E-state index contributed by atoms with van der Waals surface area (Å²) in [7, 11) is 0. The van der Waals surface area contributed by atoms with Crippen LogP contribution in [0.25, 0.3) is 0 Å². The summed E-state index contributed by atoms with van der Waals surface area (Å²) in [5.74, 6) is 0.970. The van der Waals surface area contributed by atoms with Crippen LogP contribution in [0.3, 0.4) is 0 Å². The maximum absolute atomic E-state index is 13.1. The first-order valence-corrected chi connectivity index (χ1v) is 10.1. The molecule has 0 N–H and O–H groups in total. The lowest BCUT2D eigenvalue weighted by molar-refractivity contribution is 0.0461. The fraction of sp³-hybridized carbons (Fsp3) is 0.391. The van der Waals surface area contributed by atoms with Gasteiger partial charge in [-0.25, -0.2) is 0 Å². The Morgan fingerprint density at radius 2 is 1.20 bits per heavy atom. The number of ether oxygens (including phenoxy) is 4. The molecule has 1 aliphatic rings. The summed E-state index contributed by atoms with van der Waals surface area (Å²) in [5.41, 5.74) is 0.810. The Hall–Kier alpha value is -2.90. The van der Waals surface area contributed by atoms with Gasteiger partial charge in [-0.1, -0.05) is 30.3 Å². The molecular weight excluding hydrogens is 386 g/mol. The minimum Gasteiger partial charge on any atom is -0.487 e. The van der Waals surface area contributed by atoms with E-state index in [2.05, 4.69) is 0 Å². The summed E-state index contributed by atoms with van der Waals surface area (Å²) in [4.78, 5) is 26.6. The van der Waals surface area contributed by atoms with Crippen LogP contribution in [0.5, 0.6) is 11.5 Å². The molecule has 160 valence electrons. The molecule has 2 aromatic carbocycles. The van der Waals surface area contributed by atoms with Crippen LogP contribution >= 0.6 is 0 Å². The molecule has 0 radical (unpaired) electrons. The van der Waals surface area contributed by atoms with Gasteiger partial charge in [0.25, 0.3) is 5.91 Å². The average Bonchev–Trinajstić information content (AvgIpc) is 2.77. The van der Waals surface area contributed by atoms with Gasteiger partial charge < -0.3 is 23.8 Å². The molecule has 0 saturated carbocycles. The highest BCUT2D eigenvalue weighted by Crippen LogP contribution is 2.26. The van der Waals surface area contributed by atoms with Crippen LogP contribution in [-0.4, -0.2) is 69.3 Å². The van der Waals surface area contributed by atoms with Gasteiger partial charge in [-0.05, 0) is 25.1 Å². The molecule has 0 fully saturated rings. The number of amides is 1.